The van der Waals surface area contributed by atoms with Crippen molar-refractivity contribution in [2.45, 2.75) is 25.9 Å². The molecule has 1 atom stereocenters. The molecule has 1 aliphatic rings. The first kappa shape index (κ1) is 19.6. The zero-order chi connectivity index (χ0) is 19.9. The lowest BCUT2D eigenvalue weighted by molar-refractivity contribution is -0.132. The third kappa shape index (κ3) is 4.58. The van der Waals surface area contributed by atoms with E-state index in [4.69, 9.17) is 14.4 Å². The number of ether oxygens (including phenoxy) is 1. The summed E-state index contributed by atoms with van der Waals surface area (Å²) in [7, 11) is 2.69. The monoisotopic (exact) mass is 380 g/mol. The largest absolute Gasteiger partial charge is 0.464 e. The summed E-state index contributed by atoms with van der Waals surface area (Å²) in [5.74, 6) is -0.103. The Kier molecular flexibility index (Phi) is 6.45. The number of rotatable bonds is 8. The molecule has 0 unspecified atom stereocenters. The van der Waals surface area contributed by atoms with Gasteiger partial charge in [-0.25, -0.2) is 4.79 Å². The first-order valence-corrected chi connectivity index (χ1v) is 9.05. The Balaban J connectivity index is 1.65. The van der Waals surface area contributed by atoms with Crippen molar-refractivity contribution in [1.29, 1.82) is 0 Å². The lowest BCUT2D eigenvalue weighted by atomic mass is 10.0. The summed E-state index contributed by atoms with van der Waals surface area (Å²) in [5, 5.41) is 3.81. The van der Waals surface area contributed by atoms with Gasteiger partial charge in [-0.3, -0.25) is 10.3 Å². The minimum Gasteiger partial charge on any atom is -0.464 e. The third-order valence-corrected chi connectivity index (χ3v) is 4.65. The molecule has 0 radical (unpaired) electrons. The van der Waals surface area contributed by atoms with Crippen LogP contribution in [0.3, 0.4) is 0 Å². The Bertz CT molecular complexity index is 890. The van der Waals surface area contributed by atoms with Crippen LogP contribution in [-0.4, -0.2) is 25.9 Å². The van der Waals surface area contributed by atoms with Crippen LogP contribution in [0.4, 0.5) is 0 Å². The van der Waals surface area contributed by atoms with Crippen molar-refractivity contribution in [3.63, 3.8) is 0 Å². The van der Waals surface area contributed by atoms with E-state index in [0.29, 0.717) is 11.5 Å². The van der Waals surface area contributed by atoms with Gasteiger partial charge in [-0.2, -0.15) is 0 Å². The van der Waals surface area contributed by atoms with Crippen molar-refractivity contribution in [1.82, 2.24) is 5.48 Å². The molecule has 0 aromatic heterocycles. The Morgan fingerprint density at radius 2 is 1.82 bits per heavy atom. The van der Waals surface area contributed by atoms with Crippen LogP contribution in [0.5, 0.6) is 0 Å². The predicted octanol–water partition coefficient (Wildman–Crippen LogP) is 3.69. The van der Waals surface area contributed by atoms with Crippen LogP contribution in [0, 0.1) is 0 Å². The van der Waals surface area contributed by atoms with Crippen molar-refractivity contribution in [2.24, 2.45) is 5.16 Å². The minimum atomic E-state index is -0.566. The summed E-state index contributed by atoms with van der Waals surface area (Å²) >= 11 is 0. The molecule has 0 bridgehead atoms. The molecule has 1 saturated carbocycles. The minimum absolute atomic E-state index is 0.102. The van der Waals surface area contributed by atoms with E-state index in [-0.39, 0.29) is 12.3 Å². The highest BCUT2D eigenvalue weighted by molar-refractivity contribution is 6.43. The Morgan fingerprint density at radius 1 is 1.11 bits per heavy atom. The van der Waals surface area contributed by atoms with Gasteiger partial charge in [-0.05, 0) is 30.0 Å². The van der Waals surface area contributed by atoms with Crippen molar-refractivity contribution >= 4 is 11.7 Å². The number of hydrogen-bond donors (Lipinski definition) is 1. The number of oxime groups is 1. The van der Waals surface area contributed by atoms with Crippen LogP contribution in [0.2, 0.25) is 0 Å². The van der Waals surface area contributed by atoms with Gasteiger partial charge in [0.2, 0.25) is 0 Å². The lowest BCUT2D eigenvalue weighted by Gasteiger charge is -2.12. The molecule has 146 valence electrons. The molecule has 0 spiro atoms. The van der Waals surface area contributed by atoms with E-state index in [1.807, 2.05) is 31.2 Å². The molecule has 28 heavy (non-hydrogen) atoms. The summed E-state index contributed by atoms with van der Waals surface area (Å²) in [6.07, 6.45) is 1.04. The zero-order valence-corrected chi connectivity index (χ0v) is 16.3. The van der Waals surface area contributed by atoms with Crippen LogP contribution in [0.15, 0.2) is 71.0 Å². The van der Waals surface area contributed by atoms with E-state index in [2.05, 4.69) is 34.9 Å². The van der Waals surface area contributed by atoms with E-state index in [1.54, 1.807) is 6.07 Å². The second-order valence-electron chi connectivity index (χ2n) is 6.48. The molecule has 6 heteroatoms. The van der Waals surface area contributed by atoms with Crippen LogP contribution < -0.4 is 5.48 Å². The van der Waals surface area contributed by atoms with Gasteiger partial charge in [-0.1, -0.05) is 59.8 Å². The van der Waals surface area contributed by atoms with Gasteiger partial charge in [0.1, 0.15) is 13.7 Å². The van der Waals surface area contributed by atoms with E-state index >= 15 is 0 Å². The number of carbonyl (C=O) groups is 1. The maximum Gasteiger partial charge on any atom is 0.360 e. The Morgan fingerprint density at radius 3 is 2.54 bits per heavy atom. The fourth-order valence-electron chi connectivity index (χ4n) is 3.13. The standard InChI is InChI=1S/C22H24N2O4/c1-15(19-13-20(19)16-9-5-4-6-10-16)23-28-14-17-11-7-8-12-18(17)21(24-27-3)22(25)26-2/h4-12,20,23H,13-14H2,1-3H3/t20-/m0/s1. The summed E-state index contributed by atoms with van der Waals surface area (Å²) in [5.41, 5.74) is 8.22. The van der Waals surface area contributed by atoms with Crippen LogP contribution in [0.1, 0.15) is 36.0 Å². The summed E-state index contributed by atoms with van der Waals surface area (Å²) in [4.78, 5) is 22.5. The average Bonchev–Trinajstić information content (AvgIpc) is 3.54. The SMILES string of the molecule is CON=C(C(=O)OC)c1ccccc1CONC(C)=C1C[C@H]1c1ccccc1. The molecule has 2 aromatic rings. The van der Waals surface area contributed by atoms with Gasteiger partial charge in [0, 0.05) is 17.2 Å². The highest BCUT2D eigenvalue weighted by atomic mass is 16.6. The quantitative estimate of drug-likeness (QED) is 0.430. The molecule has 1 fully saturated rings. The van der Waals surface area contributed by atoms with Crippen molar-refractivity contribution in [2.75, 3.05) is 14.2 Å². The number of esters is 1. The molecule has 1 aliphatic carbocycles. The lowest BCUT2D eigenvalue weighted by Crippen LogP contribution is -2.20. The normalized spacial score (nSPS) is 17.7. The Hall–Kier alpha value is -3.12. The van der Waals surface area contributed by atoms with Crippen molar-refractivity contribution in [3.8, 4) is 0 Å². The first-order valence-electron chi connectivity index (χ1n) is 9.05. The molecule has 2 aromatic carbocycles. The van der Waals surface area contributed by atoms with Gasteiger partial charge < -0.3 is 9.57 Å². The maximum absolute atomic E-state index is 12.0. The molecule has 6 nitrogen and oxygen atoms in total. The summed E-state index contributed by atoms with van der Waals surface area (Å²) < 4.78 is 4.80. The fraction of sp³-hybridized carbons (Fsp3) is 0.273. The van der Waals surface area contributed by atoms with Gasteiger partial charge in [-0.15, -0.1) is 0 Å². The van der Waals surface area contributed by atoms with E-state index < -0.39 is 5.97 Å². The molecule has 0 heterocycles. The van der Waals surface area contributed by atoms with Gasteiger partial charge >= 0.3 is 5.97 Å². The molecule has 0 aliphatic heterocycles. The number of nitrogens with zero attached hydrogens (tertiary/aromatic N) is 1. The van der Waals surface area contributed by atoms with E-state index in [9.17, 15) is 4.79 Å². The number of carbonyl (C=O) groups excluding carboxylic acids is 1. The van der Waals surface area contributed by atoms with E-state index in [0.717, 1.165) is 17.7 Å². The summed E-state index contributed by atoms with van der Waals surface area (Å²) in [6.45, 7) is 2.27. The fourth-order valence-corrected chi connectivity index (χ4v) is 3.13. The highest BCUT2D eigenvalue weighted by Crippen LogP contribution is 2.48. The maximum atomic E-state index is 12.0. The number of allylic oxidation sites excluding steroid dienone is 2. The topological polar surface area (TPSA) is 69.2 Å². The van der Waals surface area contributed by atoms with E-state index in [1.165, 1.54) is 25.4 Å². The van der Waals surface area contributed by atoms with Crippen LogP contribution in [-0.2, 0) is 25.8 Å². The third-order valence-electron chi connectivity index (χ3n) is 4.65. The zero-order valence-electron chi connectivity index (χ0n) is 16.3. The van der Waals surface area contributed by atoms with Crippen molar-refractivity contribution in [3.05, 3.63) is 82.6 Å². The molecular weight excluding hydrogens is 356 g/mol. The Labute approximate surface area is 164 Å². The molecule has 3 rings (SSSR count). The van der Waals surface area contributed by atoms with Gasteiger partial charge in [0.25, 0.3) is 0 Å². The predicted molar refractivity (Wildman–Crippen MR) is 106 cm³/mol. The highest BCUT2D eigenvalue weighted by Gasteiger charge is 2.33. The number of methoxy groups -OCH3 is 1. The van der Waals surface area contributed by atoms with Crippen LogP contribution in [0.25, 0.3) is 0 Å². The second kappa shape index (κ2) is 9.19. The number of benzene rings is 2. The number of hydrogen-bond acceptors (Lipinski definition) is 6. The van der Waals surface area contributed by atoms with Gasteiger partial charge in [0.15, 0.2) is 5.71 Å². The van der Waals surface area contributed by atoms with Gasteiger partial charge in [0.05, 0.1) is 7.11 Å². The van der Waals surface area contributed by atoms with Crippen molar-refractivity contribution < 1.29 is 19.2 Å². The number of nitrogens with one attached hydrogen (secondary N) is 1. The van der Waals surface area contributed by atoms with Crippen LogP contribution >= 0.6 is 0 Å². The first-order chi connectivity index (χ1) is 13.7. The second-order valence-corrected chi connectivity index (χ2v) is 6.48. The summed E-state index contributed by atoms with van der Waals surface area (Å²) in [6, 6.07) is 17.8. The average molecular weight is 380 g/mol. The molecule has 0 saturated heterocycles. The molecule has 0 amide bonds. The molecule has 1 N–H and O–H groups in total. The number of hydroxylamine groups is 1. The molecular formula is C22H24N2O4. The smallest absolute Gasteiger partial charge is 0.360 e.